The molecule has 1 N–H and O–H groups in total. The average molecular weight is 416 g/mol. The van der Waals surface area contributed by atoms with Crippen molar-refractivity contribution in [3.63, 3.8) is 0 Å². The third-order valence-electron chi connectivity index (χ3n) is 2.95. The first-order chi connectivity index (χ1) is 12.5. The van der Waals surface area contributed by atoms with E-state index >= 15 is 0 Å². The molecule has 0 aliphatic carbocycles. The van der Waals surface area contributed by atoms with Gasteiger partial charge in [-0.3, -0.25) is 4.79 Å². The van der Waals surface area contributed by atoms with Crippen molar-refractivity contribution in [2.45, 2.75) is 38.2 Å². The molecule has 0 spiro atoms. The van der Waals surface area contributed by atoms with Crippen LogP contribution in [0.3, 0.4) is 0 Å². The smallest absolute Gasteiger partial charge is 0.407 e. The van der Waals surface area contributed by atoms with Crippen LogP contribution >= 0.6 is 11.6 Å². The Morgan fingerprint density at radius 3 is 2.52 bits per heavy atom. The fourth-order valence-corrected chi connectivity index (χ4v) is 3.34. The number of aromatic nitrogens is 1. The van der Waals surface area contributed by atoms with Crippen LogP contribution in [0.4, 0.5) is 4.79 Å². The van der Waals surface area contributed by atoms with E-state index in [0.717, 1.165) is 10.5 Å². The zero-order valence-corrected chi connectivity index (χ0v) is 17.1. The minimum absolute atomic E-state index is 0.0536. The number of ketones is 1. The summed E-state index contributed by atoms with van der Waals surface area (Å²) in [5.41, 5.74) is -0.683. The lowest BCUT2D eigenvalue weighted by Gasteiger charge is -2.22. The highest BCUT2D eigenvalue weighted by molar-refractivity contribution is 7.89. The van der Waals surface area contributed by atoms with E-state index in [4.69, 9.17) is 16.3 Å². The first kappa shape index (κ1) is 22.9. The largest absolute Gasteiger partial charge is 0.444 e. The van der Waals surface area contributed by atoms with E-state index < -0.39 is 34.0 Å². The lowest BCUT2D eigenvalue weighted by molar-refractivity contribution is -0.114. The number of halogens is 1. The summed E-state index contributed by atoms with van der Waals surface area (Å²) in [5, 5.41) is 2.60. The number of hydrogen-bond donors (Lipinski definition) is 1. The standard InChI is InChI=1S/C17H22ClN3O5S/c1-5-6-13(22)12-21(10-9-19-16(23)26-17(2,3)4)27(24,25)14-7-8-15(18)20-11-14/h7-8,11H,9-10,12H2,1-4H3,(H,19,23). The van der Waals surface area contributed by atoms with Crippen LogP contribution in [0.2, 0.25) is 5.15 Å². The Kier molecular flexibility index (Phi) is 8.21. The first-order valence-corrected chi connectivity index (χ1v) is 9.81. The molecule has 27 heavy (non-hydrogen) atoms. The number of amides is 1. The zero-order valence-electron chi connectivity index (χ0n) is 15.6. The molecule has 1 amide bonds. The number of carbonyl (C=O) groups excluding carboxylic acids is 2. The van der Waals surface area contributed by atoms with Crippen LogP contribution in [0, 0.1) is 11.8 Å². The van der Waals surface area contributed by atoms with Gasteiger partial charge in [-0.25, -0.2) is 18.2 Å². The molecule has 8 nitrogen and oxygen atoms in total. The van der Waals surface area contributed by atoms with E-state index in [1.54, 1.807) is 20.8 Å². The van der Waals surface area contributed by atoms with Crippen LogP contribution in [-0.4, -0.2) is 54.8 Å². The van der Waals surface area contributed by atoms with Crippen molar-refractivity contribution < 1.29 is 22.7 Å². The highest BCUT2D eigenvalue weighted by Crippen LogP contribution is 2.16. The van der Waals surface area contributed by atoms with Gasteiger partial charge in [-0.2, -0.15) is 4.31 Å². The molecule has 1 heterocycles. The van der Waals surface area contributed by atoms with E-state index in [-0.39, 0.29) is 23.1 Å². The number of hydrogen-bond acceptors (Lipinski definition) is 6. The van der Waals surface area contributed by atoms with Crippen LogP contribution in [0.5, 0.6) is 0 Å². The summed E-state index contributed by atoms with van der Waals surface area (Å²) in [4.78, 5) is 27.2. The van der Waals surface area contributed by atoms with Gasteiger partial charge in [0.2, 0.25) is 15.8 Å². The van der Waals surface area contributed by atoms with Gasteiger partial charge < -0.3 is 10.1 Å². The van der Waals surface area contributed by atoms with Crippen molar-refractivity contribution in [3.05, 3.63) is 23.5 Å². The van der Waals surface area contributed by atoms with Crippen molar-refractivity contribution in [2.24, 2.45) is 0 Å². The van der Waals surface area contributed by atoms with Crippen LogP contribution in [0.15, 0.2) is 23.2 Å². The summed E-state index contributed by atoms with van der Waals surface area (Å²) in [6.45, 7) is 5.94. The normalized spacial score (nSPS) is 11.5. The molecule has 148 valence electrons. The molecule has 0 saturated heterocycles. The van der Waals surface area contributed by atoms with Crippen molar-refractivity contribution in [1.29, 1.82) is 0 Å². The van der Waals surface area contributed by atoms with E-state index in [1.165, 1.54) is 19.1 Å². The predicted molar refractivity (Wildman–Crippen MR) is 101 cm³/mol. The monoisotopic (exact) mass is 415 g/mol. The maximum atomic E-state index is 12.8. The third kappa shape index (κ3) is 7.95. The van der Waals surface area contributed by atoms with E-state index in [0.29, 0.717) is 0 Å². The second kappa shape index (κ2) is 9.69. The van der Waals surface area contributed by atoms with E-state index in [9.17, 15) is 18.0 Å². The van der Waals surface area contributed by atoms with E-state index in [1.807, 2.05) is 0 Å². The molecule has 0 unspecified atom stereocenters. The second-order valence-electron chi connectivity index (χ2n) is 6.38. The lowest BCUT2D eigenvalue weighted by atomic mass is 10.2. The number of pyridine rings is 1. The summed E-state index contributed by atoms with van der Waals surface area (Å²) in [7, 11) is -4.03. The summed E-state index contributed by atoms with van der Waals surface area (Å²) in [5.74, 6) is 4.16. The number of ether oxygens (including phenoxy) is 1. The topological polar surface area (TPSA) is 106 Å². The Labute approximate surface area is 164 Å². The molecule has 1 aromatic rings. The van der Waals surface area contributed by atoms with Gasteiger partial charge in [0, 0.05) is 19.3 Å². The number of carbonyl (C=O) groups is 2. The molecule has 0 aliphatic heterocycles. The number of nitrogens with zero attached hydrogens (tertiary/aromatic N) is 2. The number of nitrogens with one attached hydrogen (secondary N) is 1. The zero-order chi connectivity index (χ0) is 20.7. The van der Waals surface area contributed by atoms with Crippen LogP contribution in [0.25, 0.3) is 0 Å². The Bertz CT molecular complexity index is 836. The second-order valence-corrected chi connectivity index (χ2v) is 8.71. The van der Waals surface area contributed by atoms with Crippen molar-refractivity contribution >= 4 is 33.5 Å². The fourth-order valence-electron chi connectivity index (χ4n) is 1.88. The molecule has 0 atom stereocenters. The number of alkyl carbamates (subject to hydrolysis) is 1. The van der Waals surface area contributed by atoms with Crippen molar-refractivity contribution in [3.8, 4) is 11.8 Å². The molecule has 0 saturated carbocycles. The highest BCUT2D eigenvalue weighted by atomic mass is 35.5. The molecular formula is C17H22ClN3O5S. The summed E-state index contributed by atoms with van der Waals surface area (Å²) in [6, 6.07) is 2.62. The highest BCUT2D eigenvalue weighted by Gasteiger charge is 2.27. The van der Waals surface area contributed by atoms with Crippen molar-refractivity contribution in [1.82, 2.24) is 14.6 Å². The molecule has 0 bridgehead atoms. The third-order valence-corrected chi connectivity index (χ3v) is 5.00. The van der Waals surface area contributed by atoms with Gasteiger partial charge in [-0.05, 0) is 45.7 Å². The van der Waals surface area contributed by atoms with Gasteiger partial charge in [-0.1, -0.05) is 17.5 Å². The summed E-state index contributed by atoms with van der Waals surface area (Å²) in [6.07, 6.45) is 0.412. The molecule has 0 aliphatic rings. The van der Waals surface area contributed by atoms with Crippen molar-refractivity contribution in [2.75, 3.05) is 19.6 Å². The number of Topliss-reactive ketones (excluding diaryl/α,β-unsaturated/α-hetero) is 1. The van der Waals surface area contributed by atoms with Crippen LogP contribution < -0.4 is 5.32 Å². The van der Waals surface area contributed by atoms with E-state index in [2.05, 4.69) is 22.1 Å². The quantitative estimate of drug-likeness (QED) is 0.414. The fraction of sp³-hybridized carbons (Fsp3) is 0.471. The minimum Gasteiger partial charge on any atom is -0.444 e. The molecule has 0 radical (unpaired) electrons. The Hall–Kier alpha value is -2.15. The van der Waals surface area contributed by atoms with Gasteiger partial charge in [0.25, 0.3) is 0 Å². The Morgan fingerprint density at radius 1 is 1.33 bits per heavy atom. The number of sulfonamides is 1. The minimum atomic E-state index is -4.03. The Balaban J connectivity index is 2.92. The van der Waals surface area contributed by atoms with Crippen LogP contribution in [0.1, 0.15) is 27.7 Å². The molecule has 10 heteroatoms. The molecule has 1 aromatic heterocycles. The van der Waals surface area contributed by atoms with Gasteiger partial charge in [0.15, 0.2) is 0 Å². The predicted octanol–water partition coefficient (Wildman–Crippen LogP) is 1.84. The van der Waals surface area contributed by atoms with Crippen LogP contribution in [-0.2, 0) is 19.6 Å². The summed E-state index contributed by atoms with van der Waals surface area (Å²) >= 11 is 5.68. The molecule has 0 aromatic carbocycles. The lowest BCUT2D eigenvalue weighted by Crippen LogP contribution is -2.42. The van der Waals surface area contributed by atoms with Gasteiger partial charge >= 0.3 is 6.09 Å². The molecular weight excluding hydrogens is 394 g/mol. The summed E-state index contributed by atoms with van der Waals surface area (Å²) < 4.78 is 31.6. The molecule has 0 fully saturated rings. The SMILES string of the molecule is CC#CC(=O)CN(CCNC(=O)OC(C)(C)C)S(=O)(=O)c1ccc(Cl)nc1. The Morgan fingerprint density at radius 2 is 2.00 bits per heavy atom. The maximum absolute atomic E-state index is 12.8. The molecule has 1 rings (SSSR count). The van der Waals surface area contributed by atoms with Gasteiger partial charge in [0.05, 0.1) is 6.54 Å². The van der Waals surface area contributed by atoms with Gasteiger partial charge in [-0.15, -0.1) is 0 Å². The number of rotatable bonds is 7. The average Bonchev–Trinajstić information content (AvgIpc) is 2.52. The maximum Gasteiger partial charge on any atom is 0.407 e. The first-order valence-electron chi connectivity index (χ1n) is 8.00. The van der Waals surface area contributed by atoms with Gasteiger partial charge in [0.1, 0.15) is 15.6 Å².